The first-order valence-corrected chi connectivity index (χ1v) is 5.42. The number of rotatable bonds is 3. The van der Waals surface area contributed by atoms with Gasteiger partial charge in [0.05, 0.1) is 7.11 Å². The van der Waals surface area contributed by atoms with Crippen molar-refractivity contribution in [1.29, 1.82) is 0 Å². The Morgan fingerprint density at radius 2 is 1.76 bits per heavy atom. The van der Waals surface area contributed by atoms with E-state index in [1.54, 1.807) is 0 Å². The molecular weight excluding hydrogens is 268 g/mol. The number of halogens is 4. The Labute approximate surface area is 93.9 Å². The van der Waals surface area contributed by atoms with Gasteiger partial charge in [0, 0.05) is 6.07 Å². The zero-order chi connectivity index (χ0) is 13.3. The molecule has 17 heavy (non-hydrogen) atoms. The van der Waals surface area contributed by atoms with Crippen LogP contribution in [0.15, 0.2) is 18.2 Å². The molecule has 0 radical (unpaired) electrons. The largest absolute Gasteiger partial charge is 0.534 e. The molecule has 0 atom stereocenters. The Morgan fingerprint density at radius 1 is 1.18 bits per heavy atom. The molecule has 0 aliphatic rings. The predicted molar refractivity (Wildman–Crippen MR) is 48.6 cm³/mol. The van der Waals surface area contributed by atoms with Crippen molar-refractivity contribution in [2.45, 2.75) is 5.51 Å². The third kappa shape index (κ3) is 2.99. The van der Waals surface area contributed by atoms with Gasteiger partial charge < -0.3 is 8.92 Å². The van der Waals surface area contributed by atoms with Gasteiger partial charge in [-0.15, -0.1) is 0 Å². The summed E-state index contributed by atoms with van der Waals surface area (Å²) in [4.78, 5) is 0. The van der Waals surface area contributed by atoms with E-state index in [0.29, 0.717) is 6.07 Å². The van der Waals surface area contributed by atoms with Crippen molar-refractivity contribution in [1.82, 2.24) is 0 Å². The molecule has 0 aliphatic heterocycles. The zero-order valence-corrected chi connectivity index (χ0v) is 9.10. The van der Waals surface area contributed by atoms with Crippen molar-refractivity contribution < 1.29 is 34.9 Å². The maximum absolute atomic E-state index is 12.7. The fourth-order valence-electron chi connectivity index (χ4n) is 0.876. The van der Waals surface area contributed by atoms with Gasteiger partial charge in [0.2, 0.25) is 0 Å². The SMILES string of the molecule is COc1cc(F)ccc1OS(=O)(=O)C(F)(F)F. The molecule has 9 heteroatoms. The Bertz CT molecular complexity index is 509. The summed E-state index contributed by atoms with van der Waals surface area (Å²) in [6.45, 7) is 0. The average molecular weight is 274 g/mol. The lowest BCUT2D eigenvalue weighted by molar-refractivity contribution is -0.0500. The Balaban J connectivity index is 3.13. The molecular formula is C8H6F4O4S. The van der Waals surface area contributed by atoms with E-state index >= 15 is 0 Å². The summed E-state index contributed by atoms with van der Waals surface area (Å²) in [7, 11) is -4.77. The van der Waals surface area contributed by atoms with E-state index in [0.717, 1.165) is 19.2 Å². The van der Waals surface area contributed by atoms with E-state index < -0.39 is 32.9 Å². The molecule has 0 unspecified atom stereocenters. The molecule has 1 aromatic rings. The summed E-state index contributed by atoms with van der Waals surface area (Å²) >= 11 is 0. The van der Waals surface area contributed by atoms with Crippen LogP contribution in [-0.4, -0.2) is 21.0 Å². The molecule has 0 saturated carbocycles. The van der Waals surface area contributed by atoms with Crippen LogP contribution in [0.4, 0.5) is 17.6 Å². The highest BCUT2D eigenvalue weighted by Gasteiger charge is 2.48. The summed E-state index contributed by atoms with van der Waals surface area (Å²) in [6.07, 6.45) is 0. The second kappa shape index (κ2) is 4.40. The summed E-state index contributed by atoms with van der Waals surface area (Å²) in [5, 5.41) is 0. The molecule has 0 heterocycles. The van der Waals surface area contributed by atoms with Crippen LogP contribution in [0.3, 0.4) is 0 Å². The fourth-order valence-corrected chi connectivity index (χ4v) is 1.34. The van der Waals surface area contributed by atoms with Gasteiger partial charge in [-0.3, -0.25) is 0 Å². The molecule has 0 aromatic heterocycles. The fraction of sp³-hybridized carbons (Fsp3) is 0.250. The summed E-state index contributed by atoms with van der Waals surface area (Å²) in [6, 6.07) is 2.16. The van der Waals surface area contributed by atoms with E-state index in [-0.39, 0.29) is 0 Å². The standard InChI is InChI=1S/C8H6F4O4S/c1-15-7-4-5(9)2-3-6(7)16-17(13,14)8(10,11)12/h2-4H,1H3. The lowest BCUT2D eigenvalue weighted by Gasteiger charge is -2.11. The Morgan fingerprint density at radius 3 is 2.24 bits per heavy atom. The third-order valence-corrected chi connectivity index (χ3v) is 2.57. The van der Waals surface area contributed by atoms with Crippen molar-refractivity contribution in [3.8, 4) is 11.5 Å². The van der Waals surface area contributed by atoms with Gasteiger partial charge in [-0.05, 0) is 12.1 Å². The number of methoxy groups -OCH3 is 1. The van der Waals surface area contributed by atoms with Crippen molar-refractivity contribution in [2.75, 3.05) is 7.11 Å². The lowest BCUT2D eigenvalue weighted by Crippen LogP contribution is -2.28. The van der Waals surface area contributed by atoms with Crippen LogP contribution in [-0.2, 0) is 10.1 Å². The van der Waals surface area contributed by atoms with E-state index in [1.807, 2.05) is 0 Å². The second-order valence-electron chi connectivity index (χ2n) is 2.78. The molecule has 0 amide bonds. The van der Waals surface area contributed by atoms with Gasteiger partial charge >= 0.3 is 15.6 Å². The highest BCUT2D eigenvalue weighted by atomic mass is 32.2. The summed E-state index contributed by atoms with van der Waals surface area (Å²) in [5.74, 6) is -2.01. The molecule has 1 aromatic carbocycles. The molecule has 4 nitrogen and oxygen atoms in total. The number of hydrogen-bond donors (Lipinski definition) is 0. The average Bonchev–Trinajstić information content (AvgIpc) is 2.18. The van der Waals surface area contributed by atoms with Crippen molar-refractivity contribution in [3.05, 3.63) is 24.0 Å². The van der Waals surface area contributed by atoms with Crippen LogP contribution in [0.5, 0.6) is 11.5 Å². The van der Waals surface area contributed by atoms with Crippen LogP contribution in [0, 0.1) is 5.82 Å². The molecule has 0 spiro atoms. The lowest BCUT2D eigenvalue weighted by atomic mass is 10.3. The highest BCUT2D eigenvalue weighted by molar-refractivity contribution is 7.88. The van der Waals surface area contributed by atoms with E-state index in [9.17, 15) is 26.0 Å². The first-order valence-electron chi connectivity index (χ1n) is 4.01. The number of alkyl halides is 3. The first kappa shape index (κ1) is 13.6. The molecule has 96 valence electrons. The molecule has 0 bridgehead atoms. The molecule has 0 N–H and O–H groups in total. The topological polar surface area (TPSA) is 52.6 Å². The highest BCUT2D eigenvalue weighted by Crippen LogP contribution is 2.33. The van der Waals surface area contributed by atoms with Crippen molar-refractivity contribution in [2.24, 2.45) is 0 Å². The molecule has 0 aliphatic carbocycles. The monoisotopic (exact) mass is 274 g/mol. The maximum Gasteiger partial charge on any atom is 0.534 e. The van der Waals surface area contributed by atoms with E-state index in [4.69, 9.17) is 0 Å². The van der Waals surface area contributed by atoms with Gasteiger partial charge in [-0.1, -0.05) is 0 Å². The van der Waals surface area contributed by atoms with Crippen LogP contribution in [0.2, 0.25) is 0 Å². The van der Waals surface area contributed by atoms with Gasteiger partial charge in [0.15, 0.2) is 11.5 Å². The number of benzene rings is 1. The normalized spacial score (nSPS) is 12.3. The molecule has 0 saturated heterocycles. The number of hydrogen-bond acceptors (Lipinski definition) is 4. The summed E-state index contributed by atoms with van der Waals surface area (Å²) < 4.78 is 78.4. The van der Waals surface area contributed by atoms with E-state index in [1.165, 1.54) is 0 Å². The van der Waals surface area contributed by atoms with Crippen molar-refractivity contribution in [3.63, 3.8) is 0 Å². The quantitative estimate of drug-likeness (QED) is 0.481. The van der Waals surface area contributed by atoms with Gasteiger partial charge in [0.1, 0.15) is 5.82 Å². The van der Waals surface area contributed by atoms with E-state index in [2.05, 4.69) is 8.92 Å². The maximum atomic E-state index is 12.7. The van der Waals surface area contributed by atoms with Gasteiger partial charge in [0.25, 0.3) is 0 Å². The smallest absolute Gasteiger partial charge is 0.493 e. The minimum absolute atomic E-state index is 0.460. The second-order valence-corrected chi connectivity index (χ2v) is 4.32. The summed E-state index contributed by atoms with van der Waals surface area (Å²) in [5.41, 5.74) is -5.56. The molecule has 0 fully saturated rings. The van der Waals surface area contributed by atoms with Crippen molar-refractivity contribution >= 4 is 10.1 Å². The molecule has 1 rings (SSSR count). The minimum atomic E-state index is -5.80. The first-order chi connectivity index (χ1) is 7.67. The number of ether oxygens (including phenoxy) is 1. The van der Waals surface area contributed by atoms with Gasteiger partial charge in [-0.25, -0.2) is 4.39 Å². The third-order valence-electron chi connectivity index (χ3n) is 1.61. The Hall–Kier alpha value is -1.51. The Kier molecular flexibility index (Phi) is 3.51. The minimum Gasteiger partial charge on any atom is -0.493 e. The van der Waals surface area contributed by atoms with Crippen LogP contribution in [0.25, 0.3) is 0 Å². The predicted octanol–water partition coefficient (Wildman–Crippen LogP) is 2.06. The zero-order valence-electron chi connectivity index (χ0n) is 8.29. The van der Waals surface area contributed by atoms with Crippen LogP contribution >= 0.6 is 0 Å². The van der Waals surface area contributed by atoms with Gasteiger partial charge in [-0.2, -0.15) is 21.6 Å². The van der Waals surface area contributed by atoms with Crippen LogP contribution < -0.4 is 8.92 Å². The van der Waals surface area contributed by atoms with Crippen LogP contribution in [0.1, 0.15) is 0 Å².